The molecule has 5 heterocycles. The van der Waals surface area contributed by atoms with E-state index in [-0.39, 0.29) is 85.3 Å². The Bertz CT molecular complexity index is 2050. The third-order valence-corrected chi connectivity index (χ3v) is 11.8. The lowest BCUT2D eigenvalue weighted by molar-refractivity contribution is 0.108. The van der Waals surface area contributed by atoms with Gasteiger partial charge in [-0.05, 0) is 62.3 Å². The van der Waals surface area contributed by atoms with E-state index in [1.165, 1.54) is 12.1 Å². The summed E-state index contributed by atoms with van der Waals surface area (Å²) in [6.45, 7) is 1.96. The molecule has 244 valence electrons. The summed E-state index contributed by atoms with van der Waals surface area (Å²) in [5, 5.41) is 21.0. The van der Waals surface area contributed by atoms with Gasteiger partial charge in [0.05, 0.1) is 26.9 Å². The highest BCUT2D eigenvalue weighted by Crippen LogP contribution is 2.47. The van der Waals surface area contributed by atoms with E-state index in [0.717, 1.165) is 24.2 Å². The number of halogens is 5. The van der Waals surface area contributed by atoms with Gasteiger partial charge in [-0.1, -0.05) is 17.7 Å². The Hall–Kier alpha value is -3.70. The Morgan fingerprint density at radius 3 is 2.83 bits per heavy atom. The van der Waals surface area contributed by atoms with E-state index in [1.807, 2.05) is 15.9 Å². The summed E-state index contributed by atoms with van der Waals surface area (Å²) in [4.78, 5) is 13.3. The number of aliphatic hydroxyl groups is 1. The zero-order chi connectivity index (χ0) is 32.8. The fourth-order valence-corrected chi connectivity index (χ4v) is 9.53. The largest absolute Gasteiger partial charge is 0.461 e. The molecule has 0 radical (unpaired) electrons. The third-order valence-electron chi connectivity index (χ3n) is 10.4. The molecule has 0 amide bonds. The van der Waals surface area contributed by atoms with Crippen LogP contribution in [0.1, 0.15) is 37.7 Å². The molecule has 4 atom stereocenters. The maximum absolute atomic E-state index is 16.9. The molecule has 2 aromatic heterocycles. The van der Waals surface area contributed by atoms with Gasteiger partial charge >= 0.3 is 6.01 Å². The van der Waals surface area contributed by atoms with E-state index in [1.54, 1.807) is 6.07 Å². The number of nitrogen functional groups attached to an aromatic ring is 1. The lowest BCUT2D eigenvalue weighted by Gasteiger charge is -2.34. The number of rotatable bonds is 5. The van der Waals surface area contributed by atoms with Crippen LogP contribution in [0.15, 0.2) is 29.9 Å². The van der Waals surface area contributed by atoms with E-state index >= 15 is 4.39 Å². The summed E-state index contributed by atoms with van der Waals surface area (Å²) in [5.74, 6) is -0.767. The van der Waals surface area contributed by atoms with Gasteiger partial charge < -0.3 is 20.5 Å². The topological polar surface area (TPSA) is 112 Å². The molecule has 2 bridgehead atoms. The number of nitrogens with two attached hydrogens (primary N) is 1. The Balaban J connectivity index is 1.28. The quantitative estimate of drug-likeness (QED) is 0.219. The molecule has 8 rings (SSSR count). The van der Waals surface area contributed by atoms with Crippen molar-refractivity contribution in [2.45, 2.75) is 43.7 Å². The van der Waals surface area contributed by atoms with Crippen LogP contribution in [0.5, 0.6) is 6.01 Å². The van der Waals surface area contributed by atoms with Crippen LogP contribution in [0.25, 0.3) is 32.1 Å². The molecule has 1 unspecified atom stereocenters. The first-order valence-corrected chi connectivity index (χ1v) is 16.7. The second kappa shape index (κ2) is 11.2. The van der Waals surface area contributed by atoms with Crippen LogP contribution in [0.4, 0.5) is 28.4 Å². The van der Waals surface area contributed by atoms with Crippen LogP contribution < -0.4 is 15.4 Å². The van der Waals surface area contributed by atoms with Gasteiger partial charge in [-0.3, -0.25) is 4.90 Å². The summed E-state index contributed by atoms with van der Waals surface area (Å²) in [6.07, 6.45) is 1.11. The molecule has 14 heteroatoms. The van der Waals surface area contributed by atoms with Gasteiger partial charge in [0.25, 0.3) is 6.08 Å². The molecule has 3 N–H and O–H groups in total. The van der Waals surface area contributed by atoms with E-state index in [4.69, 9.17) is 27.1 Å². The van der Waals surface area contributed by atoms with Gasteiger partial charge in [-0.15, -0.1) is 11.3 Å². The highest BCUT2D eigenvalue weighted by atomic mass is 35.5. The number of thiophene rings is 1. The minimum absolute atomic E-state index is 0.00844. The number of hydrogen-bond donors (Lipinski definition) is 2. The van der Waals surface area contributed by atoms with Crippen molar-refractivity contribution in [3.8, 4) is 23.2 Å². The maximum atomic E-state index is 16.9. The smallest absolute Gasteiger partial charge is 0.319 e. The molecule has 4 aromatic rings. The van der Waals surface area contributed by atoms with Crippen molar-refractivity contribution in [3.63, 3.8) is 0 Å². The maximum Gasteiger partial charge on any atom is 0.319 e. The zero-order valence-corrected chi connectivity index (χ0v) is 26.6. The summed E-state index contributed by atoms with van der Waals surface area (Å²) in [7, 11) is 0. The second-order valence-electron chi connectivity index (χ2n) is 13.2. The fraction of sp³-hybridized carbons (Fsp3) is 0.424. The Labute approximate surface area is 276 Å². The first-order valence-electron chi connectivity index (χ1n) is 15.5. The van der Waals surface area contributed by atoms with Gasteiger partial charge in [0.15, 0.2) is 5.82 Å². The minimum atomic E-state index is -1.67. The normalized spacial score (nSPS) is 25.6. The summed E-state index contributed by atoms with van der Waals surface area (Å²) < 4.78 is 65.3. The van der Waals surface area contributed by atoms with Gasteiger partial charge in [0.2, 0.25) is 0 Å². The van der Waals surface area contributed by atoms with Gasteiger partial charge in [-0.2, -0.15) is 24.0 Å². The molecule has 2 aromatic carbocycles. The number of piperidine rings is 1. The first-order chi connectivity index (χ1) is 22.6. The summed E-state index contributed by atoms with van der Waals surface area (Å²) in [6, 6.07) is 6.01. The molecule has 3 saturated heterocycles. The number of ether oxygens (including phenoxy) is 1. The summed E-state index contributed by atoms with van der Waals surface area (Å²) in [5.41, 5.74) is 5.55. The van der Waals surface area contributed by atoms with Crippen molar-refractivity contribution in [2.24, 2.45) is 11.8 Å². The standard InChI is InChI=1S/C33H29ClF4N6O2S/c34-21-8-19-27(26(36)25(21)18-2-3-22(35)28-24(18)20(10-39)30(40)47-28)41-32(42-31(19)43-11-15-6-16(12-43)23(45)7-15)46-14-33-4-1-5-44(33)13-17(9-33)29(37)38/h2-3,8,15-16,23,45H,1,4-7,9,11-14,40H2/t15-,16-,23+,33?/m0/s1. The monoisotopic (exact) mass is 684 g/mol. The van der Waals surface area contributed by atoms with Gasteiger partial charge in [0, 0.05) is 47.5 Å². The van der Waals surface area contributed by atoms with Crippen LogP contribution in [0.3, 0.4) is 0 Å². The Morgan fingerprint density at radius 2 is 2.06 bits per heavy atom. The van der Waals surface area contributed by atoms with Crippen LogP contribution in [-0.4, -0.2) is 64.4 Å². The highest BCUT2D eigenvalue weighted by Gasteiger charge is 2.48. The van der Waals surface area contributed by atoms with Crippen molar-refractivity contribution in [1.82, 2.24) is 14.9 Å². The number of aliphatic hydroxyl groups excluding tert-OH is 1. The summed E-state index contributed by atoms with van der Waals surface area (Å²) >= 11 is 7.71. The molecule has 8 nitrogen and oxygen atoms in total. The molecule has 1 aliphatic carbocycles. The average molecular weight is 685 g/mol. The van der Waals surface area contributed by atoms with E-state index in [9.17, 15) is 23.5 Å². The van der Waals surface area contributed by atoms with E-state index in [0.29, 0.717) is 43.7 Å². The number of aromatic nitrogens is 2. The van der Waals surface area contributed by atoms with Crippen LogP contribution >= 0.6 is 22.9 Å². The molecule has 1 saturated carbocycles. The molecule has 3 aliphatic heterocycles. The third kappa shape index (κ3) is 4.83. The molecule has 4 fully saturated rings. The number of anilines is 2. The van der Waals surface area contributed by atoms with Crippen LogP contribution in [0, 0.1) is 34.8 Å². The van der Waals surface area contributed by atoms with Crippen molar-refractivity contribution in [1.29, 1.82) is 5.26 Å². The number of nitriles is 1. The number of hydrogen-bond acceptors (Lipinski definition) is 9. The number of nitrogens with zero attached hydrogens (tertiary/aromatic N) is 5. The average Bonchev–Trinajstić information content (AvgIpc) is 3.76. The first kappa shape index (κ1) is 30.6. The van der Waals surface area contributed by atoms with Gasteiger partial charge in [-0.25, -0.2) is 8.78 Å². The van der Waals surface area contributed by atoms with Crippen LogP contribution in [0.2, 0.25) is 5.02 Å². The Morgan fingerprint density at radius 1 is 1.23 bits per heavy atom. The molecular weight excluding hydrogens is 656 g/mol. The van der Waals surface area contributed by atoms with Crippen molar-refractivity contribution in [3.05, 3.63) is 52.1 Å². The van der Waals surface area contributed by atoms with Crippen molar-refractivity contribution >= 4 is 54.7 Å². The molecular formula is C33H29ClF4N6O2S. The van der Waals surface area contributed by atoms with Crippen molar-refractivity contribution < 1.29 is 27.4 Å². The van der Waals surface area contributed by atoms with E-state index in [2.05, 4.69) is 4.98 Å². The van der Waals surface area contributed by atoms with Crippen LogP contribution in [-0.2, 0) is 0 Å². The lowest BCUT2D eigenvalue weighted by atomic mass is 9.94. The van der Waals surface area contributed by atoms with Crippen molar-refractivity contribution in [2.75, 3.05) is 43.4 Å². The SMILES string of the molecule is N#Cc1c(N)sc2c(F)ccc(-c3c(Cl)cc4c(N5C[C@H]6C[C@@H](C5)[C@H](O)C6)nc(OCC56CCCN5CC(=C(F)F)C6)nc4c3F)c12. The lowest BCUT2D eigenvalue weighted by Crippen LogP contribution is -2.43. The highest BCUT2D eigenvalue weighted by molar-refractivity contribution is 7.23. The molecule has 4 aliphatic rings. The fourth-order valence-electron chi connectivity index (χ4n) is 8.29. The number of fused-ring (bicyclic) bond motifs is 5. The Kier molecular flexibility index (Phi) is 7.29. The zero-order valence-electron chi connectivity index (χ0n) is 25.0. The minimum Gasteiger partial charge on any atom is -0.461 e. The molecule has 0 spiro atoms. The predicted octanol–water partition coefficient (Wildman–Crippen LogP) is 6.87. The second-order valence-corrected chi connectivity index (χ2v) is 14.6. The molecule has 47 heavy (non-hydrogen) atoms. The van der Waals surface area contributed by atoms with Gasteiger partial charge in [0.1, 0.15) is 34.8 Å². The van der Waals surface area contributed by atoms with E-state index < -0.39 is 29.4 Å². The number of benzene rings is 2. The predicted molar refractivity (Wildman–Crippen MR) is 172 cm³/mol.